The van der Waals surface area contributed by atoms with E-state index in [4.69, 9.17) is 11.6 Å². The van der Waals surface area contributed by atoms with Gasteiger partial charge in [0.15, 0.2) is 0 Å². The highest BCUT2D eigenvalue weighted by Gasteiger charge is 2.06. The predicted molar refractivity (Wildman–Crippen MR) is 87.6 cm³/mol. The quantitative estimate of drug-likeness (QED) is 0.639. The smallest absolute Gasteiger partial charge is 0.222 e. The minimum atomic E-state index is 0.217. The number of ketones is 1. The van der Waals surface area contributed by atoms with E-state index in [-0.39, 0.29) is 11.1 Å². The Bertz CT molecular complexity index is 697. The molecular weight excluding hydrogens is 296 g/mol. The fourth-order valence-electron chi connectivity index (χ4n) is 2.21. The molecule has 3 nitrogen and oxygen atoms in total. The first-order valence-electron chi connectivity index (χ1n) is 7.11. The lowest BCUT2D eigenvalue weighted by Crippen LogP contribution is -2.04. The lowest BCUT2D eigenvalue weighted by atomic mass is 9.96. The van der Waals surface area contributed by atoms with Gasteiger partial charge in [0.2, 0.25) is 5.28 Å². The van der Waals surface area contributed by atoms with Gasteiger partial charge in [-0.2, -0.15) is 0 Å². The summed E-state index contributed by atoms with van der Waals surface area (Å²) in [6.45, 7) is 3.73. The Labute approximate surface area is 135 Å². The van der Waals surface area contributed by atoms with E-state index in [1.54, 1.807) is 19.3 Å². The summed E-state index contributed by atoms with van der Waals surface area (Å²) in [6, 6.07) is 8.08. The molecule has 0 saturated heterocycles. The third-order valence-corrected chi connectivity index (χ3v) is 3.34. The minimum absolute atomic E-state index is 0.217. The molecular formula is C18H17ClN2O. The predicted octanol–water partition coefficient (Wildman–Crippen LogP) is 3.69. The van der Waals surface area contributed by atoms with Crippen LogP contribution in [0.3, 0.4) is 0 Å². The first kappa shape index (κ1) is 16.2. The zero-order valence-corrected chi connectivity index (χ0v) is 13.4. The molecule has 112 valence electrons. The maximum atomic E-state index is 11.1. The van der Waals surface area contributed by atoms with Crippen molar-refractivity contribution in [1.29, 1.82) is 0 Å². The van der Waals surface area contributed by atoms with Crippen molar-refractivity contribution >= 4 is 17.4 Å². The number of nitrogens with zero attached hydrogens (tertiary/aromatic N) is 2. The molecule has 2 rings (SSSR count). The fraction of sp³-hybridized carbons (Fsp3) is 0.278. The highest BCUT2D eigenvalue weighted by Crippen LogP contribution is 2.13. The molecule has 0 bridgehead atoms. The van der Waals surface area contributed by atoms with Crippen molar-refractivity contribution in [1.82, 2.24) is 9.97 Å². The number of aromatic nitrogens is 2. The maximum Gasteiger partial charge on any atom is 0.222 e. The zero-order chi connectivity index (χ0) is 15.9. The van der Waals surface area contributed by atoms with Crippen LogP contribution in [-0.4, -0.2) is 15.8 Å². The standard InChI is InChI=1S/C18H17ClN2O/c1-13(9-14(2)22)10-16-6-3-15(4-7-16)5-8-17-11-20-18(19)21-12-17/h3-4,6-7,11-13H,9-10H2,1-2H3. The number of carbonyl (C=O) groups is 1. The molecule has 0 saturated carbocycles. The van der Waals surface area contributed by atoms with E-state index in [2.05, 4.69) is 40.9 Å². The first-order chi connectivity index (χ1) is 10.5. The minimum Gasteiger partial charge on any atom is -0.300 e. The molecule has 0 radical (unpaired) electrons. The van der Waals surface area contributed by atoms with E-state index >= 15 is 0 Å². The van der Waals surface area contributed by atoms with Gasteiger partial charge in [0.05, 0.1) is 5.56 Å². The van der Waals surface area contributed by atoms with Gasteiger partial charge < -0.3 is 4.79 Å². The van der Waals surface area contributed by atoms with E-state index in [1.807, 2.05) is 12.1 Å². The van der Waals surface area contributed by atoms with Crippen molar-refractivity contribution in [3.63, 3.8) is 0 Å². The van der Waals surface area contributed by atoms with E-state index in [0.29, 0.717) is 12.3 Å². The Morgan fingerprint density at radius 2 is 1.73 bits per heavy atom. The summed E-state index contributed by atoms with van der Waals surface area (Å²) < 4.78 is 0. The average molecular weight is 313 g/mol. The van der Waals surface area contributed by atoms with E-state index in [1.165, 1.54) is 5.56 Å². The van der Waals surface area contributed by atoms with Crippen LogP contribution in [0.2, 0.25) is 5.28 Å². The van der Waals surface area contributed by atoms with Crippen molar-refractivity contribution in [3.8, 4) is 11.8 Å². The second-order valence-electron chi connectivity index (χ2n) is 5.40. The van der Waals surface area contributed by atoms with E-state index in [9.17, 15) is 4.79 Å². The summed E-state index contributed by atoms with van der Waals surface area (Å²) in [4.78, 5) is 18.9. The van der Waals surface area contributed by atoms with Crippen LogP contribution < -0.4 is 0 Å². The Hall–Kier alpha value is -2.18. The summed E-state index contributed by atoms with van der Waals surface area (Å²) in [7, 11) is 0. The molecule has 1 aromatic carbocycles. The second kappa shape index (κ2) is 7.72. The van der Waals surface area contributed by atoms with Crippen LogP contribution >= 0.6 is 11.6 Å². The second-order valence-corrected chi connectivity index (χ2v) is 5.74. The van der Waals surface area contributed by atoms with Crippen LogP contribution in [-0.2, 0) is 11.2 Å². The fourth-order valence-corrected chi connectivity index (χ4v) is 2.31. The summed E-state index contributed by atoms with van der Waals surface area (Å²) in [5.74, 6) is 6.66. The van der Waals surface area contributed by atoms with Crippen LogP contribution in [0.15, 0.2) is 36.7 Å². The van der Waals surface area contributed by atoms with Gasteiger partial charge in [-0.05, 0) is 48.6 Å². The molecule has 0 aliphatic carbocycles. The van der Waals surface area contributed by atoms with Gasteiger partial charge in [0, 0.05) is 24.4 Å². The molecule has 0 spiro atoms. The number of rotatable bonds is 4. The third-order valence-electron chi connectivity index (χ3n) is 3.15. The van der Waals surface area contributed by atoms with Gasteiger partial charge >= 0.3 is 0 Å². The Balaban J connectivity index is 2.00. The number of halogens is 1. The van der Waals surface area contributed by atoms with E-state index in [0.717, 1.165) is 17.5 Å². The molecule has 1 heterocycles. The zero-order valence-electron chi connectivity index (χ0n) is 12.6. The van der Waals surface area contributed by atoms with Gasteiger partial charge in [0.25, 0.3) is 0 Å². The van der Waals surface area contributed by atoms with Crippen LogP contribution in [0.5, 0.6) is 0 Å². The number of hydrogen-bond acceptors (Lipinski definition) is 3. The van der Waals surface area contributed by atoms with Crippen LogP contribution in [0.25, 0.3) is 0 Å². The lowest BCUT2D eigenvalue weighted by molar-refractivity contribution is -0.117. The van der Waals surface area contributed by atoms with Crippen LogP contribution in [0.1, 0.15) is 37.0 Å². The van der Waals surface area contributed by atoms with Crippen molar-refractivity contribution in [2.24, 2.45) is 5.92 Å². The van der Waals surface area contributed by atoms with Crippen molar-refractivity contribution in [2.75, 3.05) is 0 Å². The molecule has 22 heavy (non-hydrogen) atoms. The highest BCUT2D eigenvalue weighted by molar-refractivity contribution is 6.28. The first-order valence-corrected chi connectivity index (χ1v) is 7.48. The van der Waals surface area contributed by atoms with Crippen molar-refractivity contribution in [2.45, 2.75) is 26.7 Å². The summed E-state index contributed by atoms with van der Waals surface area (Å²) >= 11 is 5.63. The van der Waals surface area contributed by atoms with Gasteiger partial charge in [-0.25, -0.2) is 9.97 Å². The van der Waals surface area contributed by atoms with Crippen molar-refractivity contribution < 1.29 is 4.79 Å². The normalized spacial score (nSPS) is 11.4. The summed E-state index contributed by atoms with van der Waals surface area (Å²) in [6.07, 6.45) is 4.72. The third kappa shape index (κ3) is 5.31. The monoisotopic (exact) mass is 312 g/mol. The van der Waals surface area contributed by atoms with Crippen molar-refractivity contribution in [3.05, 3.63) is 58.6 Å². The molecule has 0 N–H and O–H groups in total. The number of hydrogen-bond donors (Lipinski definition) is 0. The number of carbonyl (C=O) groups excluding carboxylic acids is 1. The van der Waals surface area contributed by atoms with Crippen LogP contribution in [0, 0.1) is 17.8 Å². The van der Waals surface area contributed by atoms with Gasteiger partial charge in [-0.15, -0.1) is 0 Å². The topological polar surface area (TPSA) is 42.9 Å². The molecule has 0 aliphatic heterocycles. The van der Waals surface area contributed by atoms with Gasteiger partial charge in [0.1, 0.15) is 5.78 Å². The summed E-state index contributed by atoms with van der Waals surface area (Å²) in [5, 5.41) is 0.217. The average Bonchev–Trinajstić information content (AvgIpc) is 2.47. The molecule has 0 amide bonds. The maximum absolute atomic E-state index is 11.1. The lowest BCUT2D eigenvalue weighted by Gasteiger charge is -2.09. The largest absolute Gasteiger partial charge is 0.300 e. The molecule has 4 heteroatoms. The van der Waals surface area contributed by atoms with Crippen LogP contribution in [0.4, 0.5) is 0 Å². The molecule has 1 unspecified atom stereocenters. The van der Waals surface area contributed by atoms with E-state index < -0.39 is 0 Å². The molecule has 0 fully saturated rings. The Morgan fingerprint density at radius 3 is 2.32 bits per heavy atom. The molecule has 1 aromatic heterocycles. The Morgan fingerprint density at radius 1 is 1.14 bits per heavy atom. The SMILES string of the molecule is CC(=O)CC(C)Cc1ccc(C#Cc2cnc(Cl)nc2)cc1. The molecule has 1 atom stereocenters. The number of Topliss-reactive ketones (excluding diaryl/α,β-unsaturated/α-hetero) is 1. The Kier molecular flexibility index (Phi) is 5.68. The van der Waals surface area contributed by atoms with Gasteiger partial charge in [-0.1, -0.05) is 30.9 Å². The highest BCUT2D eigenvalue weighted by atomic mass is 35.5. The molecule has 2 aromatic rings. The molecule has 0 aliphatic rings. The number of benzene rings is 1. The summed E-state index contributed by atoms with van der Waals surface area (Å²) in [5.41, 5.74) is 2.87. The van der Waals surface area contributed by atoms with Gasteiger partial charge in [-0.3, -0.25) is 0 Å².